The maximum atomic E-state index is 15.4. The molecule has 4 fully saturated rings. The summed E-state index contributed by atoms with van der Waals surface area (Å²) in [5.74, 6) is -1.66. The van der Waals surface area contributed by atoms with Crippen molar-refractivity contribution in [2.24, 2.45) is 5.41 Å². The monoisotopic (exact) mass is 420 g/mol. The summed E-state index contributed by atoms with van der Waals surface area (Å²) >= 11 is 0. The normalized spacial score (nSPS) is 24.7. The Morgan fingerprint density at radius 3 is 2.60 bits per heavy atom. The van der Waals surface area contributed by atoms with Crippen molar-refractivity contribution in [1.29, 1.82) is 0 Å². The molecule has 2 aromatic heterocycles. The Kier molecular flexibility index (Phi) is 3.88. The van der Waals surface area contributed by atoms with Crippen LogP contribution in [0.2, 0.25) is 0 Å². The van der Waals surface area contributed by atoms with Crippen molar-refractivity contribution in [1.82, 2.24) is 20.2 Å². The highest BCUT2D eigenvalue weighted by atomic mass is 19.3. The predicted molar refractivity (Wildman–Crippen MR) is 103 cm³/mol. The molecule has 0 unspecified atom stereocenters. The van der Waals surface area contributed by atoms with Gasteiger partial charge in [-0.05, 0) is 19.3 Å². The smallest absolute Gasteiger partial charge is 0.249 e. The lowest BCUT2D eigenvalue weighted by atomic mass is 9.79. The van der Waals surface area contributed by atoms with Crippen LogP contribution < -0.4 is 10.2 Å². The van der Waals surface area contributed by atoms with E-state index < -0.39 is 11.7 Å². The van der Waals surface area contributed by atoms with Gasteiger partial charge < -0.3 is 15.0 Å². The number of rotatable bonds is 5. The lowest BCUT2D eigenvalue weighted by Crippen LogP contribution is -2.44. The molecule has 0 radical (unpaired) electrons. The van der Waals surface area contributed by atoms with Crippen LogP contribution in [0.4, 0.5) is 30.6 Å². The van der Waals surface area contributed by atoms with Gasteiger partial charge in [-0.15, -0.1) is 0 Å². The summed E-state index contributed by atoms with van der Waals surface area (Å²) in [6.45, 7) is 2.90. The minimum atomic E-state index is -2.60. The second-order valence-corrected chi connectivity index (χ2v) is 9.30. The lowest BCUT2D eigenvalue weighted by molar-refractivity contribution is -0.0985. The van der Waals surface area contributed by atoms with E-state index in [1.165, 1.54) is 0 Å². The summed E-state index contributed by atoms with van der Waals surface area (Å²) in [5, 5.41) is 9.87. The van der Waals surface area contributed by atoms with Crippen LogP contribution >= 0.6 is 0 Å². The van der Waals surface area contributed by atoms with Gasteiger partial charge in [-0.25, -0.2) is 18.7 Å². The maximum Gasteiger partial charge on any atom is 0.249 e. The number of nitrogens with one attached hydrogen (secondary N) is 2. The zero-order chi connectivity index (χ0) is 20.5. The molecule has 4 heterocycles. The Hall–Kier alpha value is -2.36. The fraction of sp³-hybridized carbons (Fsp3) is 0.650. The molecule has 2 saturated heterocycles. The van der Waals surface area contributed by atoms with Crippen molar-refractivity contribution in [2.45, 2.75) is 49.9 Å². The zero-order valence-corrected chi connectivity index (χ0v) is 16.4. The zero-order valence-electron chi connectivity index (χ0n) is 16.4. The molecule has 2 saturated carbocycles. The summed E-state index contributed by atoms with van der Waals surface area (Å²) in [5.41, 5.74) is 0.749. The quantitative estimate of drug-likeness (QED) is 0.768. The number of aromatic amines is 1. The van der Waals surface area contributed by atoms with Gasteiger partial charge in [0.15, 0.2) is 17.5 Å². The van der Waals surface area contributed by atoms with Gasteiger partial charge in [-0.2, -0.15) is 9.49 Å². The van der Waals surface area contributed by atoms with Crippen molar-refractivity contribution in [3.05, 3.63) is 23.4 Å². The van der Waals surface area contributed by atoms with Gasteiger partial charge in [-0.1, -0.05) is 0 Å². The van der Waals surface area contributed by atoms with Crippen LogP contribution in [0.3, 0.4) is 0 Å². The molecule has 2 aliphatic heterocycles. The summed E-state index contributed by atoms with van der Waals surface area (Å²) in [4.78, 5) is 11.0. The molecule has 6 rings (SSSR count). The molecule has 2 aliphatic carbocycles. The fourth-order valence-electron chi connectivity index (χ4n) is 4.62. The van der Waals surface area contributed by atoms with E-state index in [4.69, 9.17) is 4.74 Å². The molecule has 2 aromatic rings. The predicted octanol–water partition coefficient (Wildman–Crippen LogP) is 3.70. The molecule has 0 bridgehead atoms. The Bertz CT molecular complexity index is 979. The Balaban J connectivity index is 1.26. The average molecular weight is 420 g/mol. The minimum absolute atomic E-state index is 0.0877. The molecule has 160 valence electrons. The van der Waals surface area contributed by atoms with E-state index in [-0.39, 0.29) is 35.9 Å². The number of alkyl halides is 2. The van der Waals surface area contributed by atoms with E-state index in [0.717, 1.165) is 32.4 Å². The van der Waals surface area contributed by atoms with Crippen LogP contribution in [0.15, 0.2) is 6.07 Å². The van der Waals surface area contributed by atoms with E-state index in [1.54, 1.807) is 6.07 Å². The molecule has 7 nitrogen and oxygen atoms in total. The first kappa shape index (κ1) is 18.4. The fourth-order valence-corrected chi connectivity index (χ4v) is 4.62. The highest BCUT2D eigenvalue weighted by molar-refractivity contribution is 5.59. The van der Waals surface area contributed by atoms with Crippen molar-refractivity contribution in [3.8, 4) is 0 Å². The topological polar surface area (TPSA) is 79.0 Å². The third-order valence-corrected chi connectivity index (χ3v) is 6.72. The van der Waals surface area contributed by atoms with Crippen molar-refractivity contribution in [2.75, 3.05) is 36.5 Å². The number of aromatic nitrogens is 4. The number of halogens is 3. The average Bonchev–Trinajstić information content (AvgIpc) is 3.23. The van der Waals surface area contributed by atoms with Gasteiger partial charge in [0.2, 0.25) is 11.7 Å². The van der Waals surface area contributed by atoms with Gasteiger partial charge in [-0.3, -0.25) is 5.10 Å². The number of hydrogen-bond acceptors (Lipinski definition) is 6. The first-order valence-electron chi connectivity index (χ1n) is 10.5. The molecule has 4 aliphatic rings. The number of H-pyrrole nitrogens is 1. The Labute approximate surface area is 171 Å². The van der Waals surface area contributed by atoms with E-state index in [0.29, 0.717) is 36.4 Å². The van der Waals surface area contributed by atoms with Crippen molar-refractivity contribution in [3.63, 3.8) is 0 Å². The molecule has 2 N–H and O–H groups in total. The van der Waals surface area contributed by atoms with Gasteiger partial charge in [0.05, 0.1) is 13.2 Å². The van der Waals surface area contributed by atoms with Crippen LogP contribution in [0, 0.1) is 11.2 Å². The second-order valence-electron chi connectivity index (χ2n) is 9.30. The maximum absolute atomic E-state index is 15.4. The highest BCUT2D eigenvalue weighted by Gasteiger charge is 2.47. The van der Waals surface area contributed by atoms with Crippen LogP contribution in [0.1, 0.15) is 55.5 Å². The second kappa shape index (κ2) is 6.32. The van der Waals surface area contributed by atoms with Crippen LogP contribution in [0.25, 0.3) is 0 Å². The van der Waals surface area contributed by atoms with Gasteiger partial charge in [0.1, 0.15) is 5.82 Å². The number of anilines is 3. The third kappa shape index (κ3) is 3.12. The first-order valence-corrected chi connectivity index (χ1v) is 10.5. The molecule has 1 spiro atoms. The van der Waals surface area contributed by atoms with Gasteiger partial charge in [0, 0.05) is 54.9 Å². The number of ether oxygens (including phenoxy) is 1. The van der Waals surface area contributed by atoms with Crippen molar-refractivity contribution < 1.29 is 17.9 Å². The molecular weight excluding hydrogens is 397 g/mol. The van der Waals surface area contributed by atoms with E-state index in [9.17, 15) is 8.78 Å². The van der Waals surface area contributed by atoms with Crippen LogP contribution in [-0.2, 0) is 4.74 Å². The number of nitrogens with zero attached hydrogens (tertiary/aromatic N) is 4. The SMILES string of the molecule is Fc1c(Nc2cc(C3CC(F)(F)C3)[nH]n2)nc(C2CC2)nc1N1CCC2(COC2)C1. The molecular formula is C20H23F3N6O. The molecule has 0 atom stereocenters. The lowest BCUT2D eigenvalue weighted by Gasteiger charge is -2.37. The van der Waals surface area contributed by atoms with Crippen molar-refractivity contribution >= 4 is 17.5 Å². The van der Waals surface area contributed by atoms with Gasteiger partial charge >= 0.3 is 0 Å². The standard InChI is InChI=1S/C20H23F3N6O/c21-15-17(24-14-5-13(27-28-14)12-6-20(22,23)7-12)25-16(11-1-2-11)26-18(15)29-4-3-19(8-29)9-30-10-19/h5,11-12H,1-4,6-10H2,(H2,24,25,26,27,28). The first-order chi connectivity index (χ1) is 14.4. The van der Waals surface area contributed by atoms with E-state index in [1.807, 2.05) is 4.90 Å². The molecule has 0 amide bonds. The largest absolute Gasteiger partial charge is 0.380 e. The summed E-state index contributed by atoms with van der Waals surface area (Å²) in [6, 6.07) is 1.66. The summed E-state index contributed by atoms with van der Waals surface area (Å²) in [7, 11) is 0. The summed E-state index contributed by atoms with van der Waals surface area (Å²) < 4.78 is 47.1. The van der Waals surface area contributed by atoms with E-state index >= 15 is 4.39 Å². The Morgan fingerprint density at radius 1 is 1.17 bits per heavy atom. The van der Waals surface area contributed by atoms with E-state index in [2.05, 4.69) is 25.5 Å². The third-order valence-electron chi connectivity index (χ3n) is 6.72. The van der Waals surface area contributed by atoms with Gasteiger partial charge in [0.25, 0.3) is 0 Å². The highest BCUT2D eigenvalue weighted by Crippen LogP contribution is 2.48. The Morgan fingerprint density at radius 2 is 1.97 bits per heavy atom. The van der Waals surface area contributed by atoms with Crippen LogP contribution in [0.5, 0.6) is 0 Å². The molecule has 10 heteroatoms. The number of hydrogen-bond donors (Lipinski definition) is 2. The minimum Gasteiger partial charge on any atom is -0.380 e. The molecule has 0 aromatic carbocycles. The molecule has 30 heavy (non-hydrogen) atoms. The van der Waals surface area contributed by atoms with Crippen LogP contribution in [-0.4, -0.2) is 52.4 Å². The summed E-state index contributed by atoms with van der Waals surface area (Å²) in [6.07, 6.45) is 2.60.